The summed E-state index contributed by atoms with van der Waals surface area (Å²) in [4.78, 5) is 0. The Kier molecular flexibility index (Phi) is 4.12. The number of furan rings is 1. The van der Waals surface area contributed by atoms with E-state index in [-0.39, 0.29) is 0 Å². The van der Waals surface area contributed by atoms with Gasteiger partial charge in [-0.3, -0.25) is 0 Å². The molecule has 1 unspecified atom stereocenters. The molecule has 3 N–H and O–H groups in total. The van der Waals surface area contributed by atoms with E-state index in [2.05, 4.69) is 0 Å². The van der Waals surface area contributed by atoms with E-state index in [9.17, 15) is 5.11 Å². The average Bonchev–Trinajstić information content (AvgIpc) is 2.82. The summed E-state index contributed by atoms with van der Waals surface area (Å²) in [6, 6.07) is 11.2. The fraction of sp³-hybridized carbons (Fsp3) is 0.231. The molecule has 0 saturated carbocycles. The molecule has 1 atom stereocenters. The SMILES string of the molecule is Nc1ccccc1C(O)CSCc1ccco1. The van der Waals surface area contributed by atoms with Crippen LogP contribution in [0.1, 0.15) is 17.4 Å². The molecule has 3 nitrogen and oxygen atoms in total. The Morgan fingerprint density at radius 2 is 2.06 bits per heavy atom. The monoisotopic (exact) mass is 249 g/mol. The number of aliphatic hydroxyl groups is 1. The normalized spacial score (nSPS) is 12.5. The Morgan fingerprint density at radius 1 is 1.24 bits per heavy atom. The quantitative estimate of drug-likeness (QED) is 0.800. The van der Waals surface area contributed by atoms with Crippen molar-refractivity contribution in [1.29, 1.82) is 0 Å². The number of rotatable bonds is 5. The van der Waals surface area contributed by atoms with E-state index in [0.29, 0.717) is 11.4 Å². The third kappa shape index (κ3) is 3.28. The molecule has 2 rings (SSSR count). The molecule has 1 aromatic heterocycles. The summed E-state index contributed by atoms with van der Waals surface area (Å²) in [5, 5.41) is 10.00. The lowest BCUT2D eigenvalue weighted by Gasteiger charge is -2.12. The molecule has 0 fully saturated rings. The third-order valence-electron chi connectivity index (χ3n) is 2.46. The Hall–Kier alpha value is -1.39. The fourth-order valence-electron chi connectivity index (χ4n) is 1.57. The lowest BCUT2D eigenvalue weighted by molar-refractivity contribution is 0.205. The van der Waals surface area contributed by atoms with Gasteiger partial charge in [0.1, 0.15) is 5.76 Å². The molecule has 17 heavy (non-hydrogen) atoms. The average molecular weight is 249 g/mol. The van der Waals surface area contributed by atoms with Gasteiger partial charge in [-0.1, -0.05) is 18.2 Å². The standard InChI is InChI=1S/C13H15NO2S/c14-12-6-2-1-5-11(12)13(15)9-17-8-10-4-3-7-16-10/h1-7,13,15H,8-9,14H2. The van der Waals surface area contributed by atoms with Crippen molar-refractivity contribution >= 4 is 17.4 Å². The van der Waals surface area contributed by atoms with Crippen molar-refractivity contribution < 1.29 is 9.52 Å². The topological polar surface area (TPSA) is 59.4 Å². The van der Waals surface area contributed by atoms with Gasteiger partial charge in [0, 0.05) is 17.0 Å². The van der Waals surface area contributed by atoms with E-state index in [4.69, 9.17) is 10.2 Å². The molecular formula is C13H15NO2S. The molecule has 0 amide bonds. The summed E-state index contributed by atoms with van der Waals surface area (Å²) in [5.41, 5.74) is 7.23. The van der Waals surface area contributed by atoms with E-state index in [1.807, 2.05) is 30.3 Å². The summed E-state index contributed by atoms with van der Waals surface area (Å²) in [6.45, 7) is 0. The van der Waals surface area contributed by atoms with Crippen LogP contribution >= 0.6 is 11.8 Å². The number of aliphatic hydroxyl groups excluding tert-OH is 1. The molecule has 0 spiro atoms. The van der Waals surface area contributed by atoms with Crippen LogP contribution in [0.4, 0.5) is 5.69 Å². The molecule has 90 valence electrons. The maximum absolute atomic E-state index is 10.00. The second-order valence-electron chi connectivity index (χ2n) is 3.74. The van der Waals surface area contributed by atoms with Crippen LogP contribution in [0.2, 0.25) is 0 Å². The maximum Gasteiger partial charge on any atom is 0.113 e. The fourth-order valence-corrected chi connectivity index (χ4v) is 2.46. The highest BCUT2D eigenvalue weighted by molar-refractivity contribution is 7.98. The molecule has 0 aliphatic rings. The lowest BCUT2D eigenvalue weighted by Crippen LogP contribution is -2.04. The van der Waals surface area contributed by atoms with Crippen LogP contribution in [0.25, 0.3) is 0 Å². The second kappa shape index (κ2) is 5.80. The Bertz CT molecular complexity index is 456. The highest BCUT2D eigenvalue weighted by Crippen LogP contribution is 2.24. The van der Waals surface area contributed by atoms with Crippen molar-refractivity contribution in [3.63, 3.8) is 0 Å². The molecule has 2 aromatic rings. The van der Waals surface area contributed by atoms with E-state index in [0.717, 1.165) is 17.1 Å². The Balaban J connectivity index is 1.85. The molecule has 0 aliphatic carbocycles. The highest BCUT2D eigenvalue weighted by Gasteiger charge is 2.10. The molecular weight excluding hydrogens is 234 g/mol. The smallest absolute Gasteiger partial charge is 0.113 e. The van der Waals surface area contributed by atoms with E-state index >= 15 is 0 Å². The zero-order valence-electron chi connectivity index (χ0n) is 9.37. The first-order valence-corrected chi connectivity index (χ1v) is 6.55. The second-order valence-corrected chi connectivity index (χ2v) is 4.77. The van der Waals surface area contributed by atoms with Crippen LogP contribution < -0.4 is 5.73 Å². The van der Waals surface area contributed by atoms with Crippen molar-refractivity contribution in [3.05, 3.63) is 54.0 Å². The predicted octanol–water partition coefficient (Wildman–Crippen LogP) is 2.83. The summed E-state index contributed by atoms with van der Waals surface area (Å²) >= 11 is 1.62. The summed E-state index contributed by atoms with van der Waals surface area (Å²) in [5.74, 6) is 2.29. The highest BCUT2D eigenvalue weighted by atomic mass is 32.2. The van der Waals surface area contributed by atoms with Gasteiger partial charge in [0.2, 0.25) is 0 Å². The van der Waals surface area contributed by atoms with E-state index in [1.165, 1.54) is 0 Å². The molecule has 1 heterocycles. The van der Waals surface area contributed by atoms with Gasteiger partial charge in [0.15, 0.2) is 0 Å². The molecule has 1 aromatic carbocycles. The van der Waals surface area contributed by atoms with Crippen molar-refractivity contribution in [2.45, 2.75) is 11.9 Å². The first-order valence-electron chi connectivity index (χ1n) is 5.40. The summed E-state index contributed by atoms with van der Waals surface area (Å²) in [6.07, 6.45) is 1.12. The van der Waals surface area contributed by atoms with E-state index < -0.39 is 6.10 Å². The zero-order valence-corrected chi connectivity index (χ0v) is 10.2. The third-order valence-corrected chi connectivity index (χ3v) is 3.50. The number of hydrogen-bond donors (Lipinski definition) is 2. The lowest BCUT2D eigenvalue weighted by atomic mass is 10.1. The molecule has 0 bridgehead atoms. The van der Waals surface area contributed by atoms with Crippen molar-refractivity contribution in [3.8, 4) is 0 Å². The van der Waals surface area contributed by atoms with Crippen LogP contribution in [0.5, 0.6) is 0 Å². The van der Waals surface area contributed by atoms with Gasteiger partial charge < -0.3 is 15.3 Å². The number of benzene rings is 1. The molecule has 0 saturated heterocycles. The first kappa shape index (κ1) is 12.1. The number of anilines is 1. The van der Waals surface area contributed by atoms with Gasteiger partial charge in [-0.2, -0.15) is 11.8 Å². The molecule has 4 heteroatoms. The Labute approximate surface area is 105 Å². The van der Waals surface area contributed by atoms with Gasteiger partial charge in [-0.05, 0) is 18.2 Å². The number of para-hydroxylation sites is 1. The summed E-state index contributed by atoms with van der Waals surface area (Å²) in [7, 11) is 0. The van der Waals surface area contributed by atoms with Crippen LogP contribution in [-0.4, -0.2) is 10.9 Å². The number of nitrogens with two attached hydrogens (primary N) is 1. The maximum atomic E-state index is 10.00. The molecule has 0 radical (unpaired) electrons. The van der Waals surface area contributed by atoms with Crippen LogP contribution in [-0.2, 0) is 5.75 Å². The van der Waals surface area contributed by atoms with Crippen LogP contribution in [0.15, 0.2) is 47.1 Å². The predicted molar refractivity (Wildman–Crippen MR) is 70.7 cm³/mol. The minimum absolute atomic E-state index is 0.531. The Morgan fingerprint density at radius 3 is 2.76 bits per heavy atom. The van der Waals surface area contributed by atoms with Gasteiger partial charge in [0.25, 0.3) is 0 Å². The van der Waals surface area contributed by atoms with Gasteiger partial charge in [0.05, 0.1) is 18.1 Å². The number of nitrogen functional groups attached to an aromatic ring is 1. The minimum Gasteiger partial charge on any atom is -0.468 e. The van der Waals surface area contributed by atoms with Gasteiger partial charge >= 0.3 is 0 Å². The minimum atomic E-state index is -0.531. The first-order chi connectivity index (χ1) is 8.27. The van der Waals surface area contributed by atoms with Crippen molar-refractivity contribution in [2.75, 3.05) is 11.5 Å². The number of hydrogen-bond acceptors (Lipinski definition) is 4. The van der Waals surface area contributed by atoms with Gasteiger partial charge in [-0.15, -0.1) is 0 Å². The van der Waals surface area contributed by atoms with Crippen molar-refractivity contribution in [1.82, 2.24) is 0 Å². The zero-order chi connectivity index (χ0) is 12.1. The van der Waals surface area contributed by atoms with Crippen LogP contribution in [0.3, 0.4) is 0 Å². The summed E-state index contributed by atoms with van der Waals surface area (Å²) < 4.78 is 5.22. The molecule has 0 aliphatic heterocycles. The van der Waals surface area contributed by atoms with Gasteiger partial charge in [-0.25, -0.2) is 0 Å². The van der Waals surface area contributed by atoms with E-state index in [1.54, 1.807) is 24.1 Å². The largest absolute Gasteiger partial charge is 0.468 e. The van der Waals surface area contributed by atoms with Crippen LogP contribution in [0, 0.1) is 0 Å². The van der Waals surface area contributed by atoms with Crippen molar-refractivity contribution in [2.24, 2.45) is 0 Å². The number of thioether (sulfide) groups is 1.